The van der Waals surface area contributed by atoms with E-state index in [9.17, 15) is 4.79 Å². The van der Waals surface area contributed by atoms with Crippen molar-refractivity contribution in [3.63, 3.8) is 0 Å². The number of nitrogen functional groups attached to an aromatic ring is 1. The summed E-state index contributed by atoms with van der Waals surface area (Å²) in [4.78, 5) is 11.9. The van der Waals surface area contributed by atoms with Crippen LogP contribution in [0.15, 0.2) is 18.2 Å². The van der Waals surface area contributed by atoms with Crippen molar-refractivity contribution in [1.82, 2.24) is 5.32 Å². The van der Waals surface area contributed by atoms with Crippen LogP contribution >= 0.6 is 0 Å². The van der Waals surface area contributed by atoms with Crippen LogP contribution < -0.4 is 15.8 Å². The molecular weight excluding hydrogens is 224 g/mol. The number of nitrogens with two attached hydrogens (primary N) is 1. The van der Waals surface area contributed by atoms with Crippen molar-refractivity contribution in [1.29, 1.82) is 0 Å². The standard InChI is InChI=1S/C11H16N2O4/c1-17-9-4-2-3-8(12)10(9)11(16)13-7(5-14)6-15/h2-4,7,14-15H,5-6,12H2,1H3,(H,13,16). The summed E-state index contributed by atoms with van der Waals surface area (Å²) in [5.41, 5.74) is 6.16. The molecule has 1 amide bonds. The van der Waals surface area contributed by atoms with Gasteiger partial charge in [0, 0.05) is 5.69 Å². The fourth-order valence-electron chi connectivity index (χ4n) is 1.37. The quantitative estimate of drug-likeness (QED) is 0.512. The Balaban J connectivity index is 2.95. The van der Waals surface area contributed by atoms with Gasteiger partial charge in [0.2, 0.25) is 0 Å². The molecule has 0 unspecified atom stereocenters. The SMILES string of the molecule is COc1cccc(N)c1C(=O)NC(CO)CO. The zero-order chi connectivity index (χ0) is 12.8. The fraction of sp³-hybridized carbons (Fsp3) is 0.364. The fourth-order valence-corrected chi connectivity index (χ4v) is 1.37. The summed E-state index contributed by atoms with van der Waals surface area (Å²) in [6.07, 6.45) is 0. The Bertz CT molecular complexity index is 391. The van der Waals surface area contributed by atoms with Crippen LogP contribution in [-0.2, 0) is 0 Å². The number of benzene rings is 1. The van der Waals surface area contributed by atoms with E-state index < -0.39 is 11.9 Å². The van der Waals surface area contributed by atoms with Gasteiger partial charge < -0.3 is 26.0 Å². The molecular formula is C11H16N2O4. The van der Waals surface area contributed by atoms with Gasteiger partial charge in [0.25, 0.3) is 5.91 Å². The Kier molecular flexibility index (Phi) is 4.74. The molecule has 0 spiro atoms. The van der Waals surface area contributed by atoms with Crippen molar-refractivity contribution < 1.29 is 19.7 Å². The van der Waals surface area contributed by atoms with Gasteiger partial charge in [-0.1, -0.05) is 6.07 Å². The van der Waals surface area contributed by atoms with E-state index in [1.807, 2.05) is 0 Å². The number of methoxy groups -OCH3 is 1. The normalized spacial score (nSPS) is 10.4. The average molecular weight is 240 g/mol. The second-order valence-corrected chi connectivity index (χ2v) is 3.46. The molecule has 0 atom stereocenters. The number of ether oxygens (including phenoxy) is 1. The molecule has 5 N–H and O–H groups in total. The lowest BCUT2D eigenvalue weighted by molar-refractivity contribution is 0.0877. The highest BCUT2D eigenvalue weighted by atomic mass is 16.5. The summed E-state index contributed by atoms with van der Waals surface area (Å²) in [5, 5.41) is 20.2. The number of aliphatic hydroxyl groups is 2. The van der Waals surface area contributed by atoms with Crippen molar-refractivity contribution in [2.45, 2.75) is 6.04 Å². The summed E-state index contributed by atoms with van der Waals surface area (Å²) < 4.78 is 5.03. The van der Waals surface area contributed by atoms with E-state index in [1.54, 1.807) is 18.2 Å². The second-order valence-electron chi connectivity index (χ2n) is 3.46. The van der Waals surface area contributed by atoms with Gasteiger partial charge in [0.15, 0.2) is 0 Å². The molecule has 1 aromatic rings. The molecule has 0 aromatic heterocycles. The van der Waals surface area contributed by atoms with Crippen molar-refractivity contribution in [2.75, 3.05) is 26.1 Å². The van der Waals surface area contributed by atoms with E-state index in [0.29, 0.717) is 5.75 Å². The summed E-state index contributed by atoms with van der Waals surface area (Å²) in [5.74, 6) is -0.148. The van der Waals surface area contributed by atoms with Crippen molar-refractivity contribution in [3.8, 4) is 5.75 Å². The first-order valence-electron chi connectivity index (χ1n) is 5.09. The van der Waals surface area contributed by atoms with Gasteiger partial charge in [-0.05, 0) is 12.1 Å². The average Bonchev–Trinajstić information content (AvgIpc) is 2.35. The first-order chi connectivity index (χ1) is 8.13. The minimum atomic E-state index is -0.716. The Morgan fingerprint density at radius 2 is 2.12 bits per heavy atom. The van der Waals surface area contributed by atoms with Crippen molar-refractivity contribution in [3.05, 3.63) is 23.8 Å². The number of carbonyl (C=O) groups excluding carboxylic acids is 1. The first kappa shape index (κ1) is 13.3. The van der Waals surface area contributed by atoms with Gasteiger partial charge in [0.05, 0.1) is 26.4 Å². The van der Waals surface area contributed by atoms with E-state index in [4.69, 9.17) is 20.7 Å². The molecule has 1 rings (SSSR count). The highest BCUT2D eigenvalue weighted by molar-refractivity contribution is 6.02. The third-order valence-corrected chi connectivity index (χ3v) is 2.28. The van der Waals surface area contributed by atoms with Crippen LogP contribution in [-0.4, -0.2) is 42.5 Å². The Hall–Kier alpha value is -1.79. The van der Waals surface area contributed by atoms with Gasteiger partial charge in [-0.3, -0.25) is 4.79 Å². The van der Waals surface area contributed by atoms with Crippen molar-refractivity contribution in [2.24, 2.45) is 0 Å². The lowest BCUT2D eigenvalue weighted by Gasteiger charge is -2.16. The number of amides is 1. The van der Waals surface area contributed by atoms with Crippen LogP contribution in [0.5, 0.6) is 5.75 Å². The predicted octanol–water partition coefficient (Wildman–Crippen LogP) is -0.640. The zero-order valence-corrected chi connectivity index (χ0v) is 9.51. The lowest BCUT2D eigenvalue weighted by atomic mass is 10.1. The third-order valence-electron chi connectivity index (χ3n) is 2.28. The van der Waals surface area contributed by atoms with Crippen LogP contribution in [0.4, 0.5) is 5.69 Å². The monoisotopic (exact) mass is 240 g/mol. The van der Waals surface area contributed by atoms with Gasteiger partial charge >= 0.3 is 0 Å². The smallest absolute Gasteiger partial charge is 0.257 e. The predicted molar refractivity (Wildman–Crippen MR) is 62.8 cm³/mol. The summed E-state index contributed by atoms with van der Waals surface area (Å²) in [7, 11) is 1.43. The summed E-state index contributed by atoms with van der Waals surface area (Å²) >= 11 is 0. The molecule has 0 bridgehead atoms. The van der Waals surface area contributed by atoms with Crippen LogP contribution in [0.1, 0.15) is 10.4 Å². The van der Waals surface area contributed by atoms with Crippen LogP contribution in [0.2, 0.25) is 0 Å². The number of hydrogen-bond acceptors (Lipinski definition) is 5. The van der Waals surface area contributed by atoms with Gasteiger partial charge in [-0.2, -0.15) is 0 Å². The molecule has 0 aliphatic carbocycles. The Labute approximate surface area is 99.0 Å². The molecule has 1 aromatic carbocycles. The minimum Gasteiger partial charge on any atom is -0.496 e. The van der Waals surface area contributed by atoms with Gasteiger partial charge in [0.1, 0.15) is 11.3 Å². The Morgan fingerprint density at radius 1 is 1.47 bits per heavy atom. The molecule has 0 saturated heterocycles. The Morgan fingerprint density at radius 3 is 2.65 bits per heavy atom. The number of nitrogens with one attached hydrogen (secondary N) is 1. The van der Waals surface area contributed by atoms with Crippen molar-refractivity contribution >= 4 is 11.6 Å². The molecule has 0 aliphatic rings. The van der Waals surface area contributed by atoms with E-state index in [2.05, 4.69) is 5.32 Å². The van der Waals surface area contributed by atoms with Gasteiger partial charge in [-0.25, -0.2) is 0 Å². The molecule has 0 heterocycles. The maximum absolute atomic E-state index is 11.9. The molecule has 0 saturated carbocycles. The molecule has 94 valence electrons. The van der Waals surface area contributed by atoms with E-state index in [1.165, 1.54) is 7.11 Å². The second kappa shape index (κ2) is 6.07. The maximum Gasteiger partial charge on any atom is 0.257 e. The number of carbonyl (C=O) groups is 1. The van der Waals surface area contributed by atoms with Crippen LogP contribution in [0.3, 0.4) is 0 Å². The number of hydrogen-bond donors (Lipinski definition) is 4. The number of aliphatic hydroxyl groups excluding tert-OH is 2. The molecule has 6 nitrogen and oxygen atoms in total. The topological polar surface area (TPSA) is 105 Å². The van der Waals surface area contributed by atoms with E-state index in [-0.39, 0.29) is 24.5 Å². The first-order valence-corrected chi connectivity index (χ1v) is 5.09. The molecule has 6 heteroatoms. The van der Waals surface area contributed by atoms with Crippen LogP contribution in [0.25, 0.3) is 0 Å². The molecule has 0 radical (unpaired) electrons. The highest BCUT2D eigenvalue weighted by Crippen LogP contribution is 2.23. The zero-order valence-electron chi connectivity index (χ0n) is 9.51. The molecule has 0 aliphatic heterocycles. The highest BCUT2D eigenvalue weighted by Gasteiger charge is 2.18. The summed E-state index contributed by atoms with van der Waals surface area (Å²) in [6, 6.07) is 4.13. The number of rotatable bonds is 5. The lowest BCUT2D eigenvalue weighted by Crippen LogP contribution is -2.40. The molecule has 0 fully saturated rings. The largest absolute Gasteiger partial charge is 0.496 e. The third kappa shape index (κ3) is 3.08. The molecule has 17 heavy (non-hydrogen) atoms. The maximum atomic E-state index is 11.9. The number of anilines is 1. The van der Waals surface area contributed by atoms with E-state index in [0.717, 1.165) is 0 Å². The minimum absolute atomic E-state index is 0.196. The van der Waals surface area contributed by atoms with Gasteiger partial charge in [-0.15, -0.1) is 0 Å². The van der Waals surface area contributed by atoms with E-state index >= 15 is 0 Å². The van der Waals surface area contributed by atoms with Crippen LogP contribution in [0, 0.1) is 0 Å². The summed E-state index contributed by atoms with van der Waals surface area (Å²) in [6.45, 7) is -0.700.